The summed E-state index contributed by atoms with van der Waals surface area (Å²) in [5.74, 6) is 0.643. The molecule has 2 nitrogen and oxygen atoms in total. The molecule has 3 atom stereocenters. The van der Waals surface area contributed by atoms with E-state index in [1.807, 2.05) is 6.92 Å². The fourth-order valence-electron chi connectivity index (χ4n) is 4.05. The number of hydrogen-bond acceptors (Lipinski definition) is 2. The first-order valence-electron chi connectivity index (χ1n) is 7.82. The zero-order valence-corrected chi connectivity index (χ0v) is 13.4. The van der Waals surface area contributed by atoms with Crippen molar-refractivity contribution in [1.29, 1.82) is 0 Å². The predicted octanol–water partition coefficient (Wildman–Crippen LogP) is 3.67. The van der Waals surface area contributed by atoms with Crippen LogP contribution in [0, 0.1) is 25.2 Å². The van der Waals surface area contributed by atoms with Crippen LogP contribution in [0.3, 0.4) is 0 Å². The smallest absolute Gasteiger partial charge is 0.0936 e. The van der Waals surface area contributed by atoms with Crippen LogP contribution in [0.25, 0.3) is 0 Å². The van der Waals surface area contributed by atoms with Gasteiger partial charge in [0.2, 0.25) is 0 Å². The number of benzene rings is 1. The largest absolute Gasteiger partial charge is 0.385 e. The summed E-state index contributed by atoms with van der Waals surface area (Å²) in [6.45, 7) is 8.97. The molecule has 0 saturated heterocycles. The highest BCUT2D eigenvalue weighted by atomic mass is 16.3. The monoisotopic (exact) mass is 275 g/mol. The van der Waals surface area contributed by atoms with Crippen molar-refractivity contribution in [2.75, 3.05) is 6.54 Å². The summed E-state index contributed by atoms with van der Waals surface area (Å²) in [6, 6.07) is 6.38. The number of hydrogen-bond donors (Lipinski definition) is 2. The highest BCUT2D eigenvalue weighted by Gasteiger charge is 2.48. The second kappa shape index (κ2) is 5.50. The number of aliphatic hydroxyl groups is 1. The lowest BCUT2D eigenvalue weighted by atomic mass is 9.59. The van der Waals surface area contributed by atoms with Crippen LogP contribution < -0.4 is 5.73 Å². The molecule has 0 aliphatic heterocycles. The highest BCUT2D eigenvalue weighted by molar-refractivity contribution is 5.34. The lowest BCUT2D eigenvalue weighted by molar-refractivity contribution is -0.101. The molecule has 1 aromatic rings. The Morgan fingerprint density at radius 2 is 1.90 bits per heavy atom. The average Bonchev–Trinajstić information content (AvgIpc) is 2.37. The first-order valence-corrected chi connectivity index (χ1v) is 7.82. The van der Waals surface area contributed by atoms with Crippen molar-refractivity contribution in [3.8, 4) is 0 Å². The summed E-state index contributed by atoms with van der Waals surface area (Å²) in [4.78, 5) is 0. The van der Waals surface area contributed by atoms with Gasteiger partial charge >= 0.3 is 0 Å². The maximum Gasteiger partial charge on any atom is 0.0936 e. The van der Waals surface area contributed by atoms with Gasteiger partial charge in [0.15, 0.2) is 0 Å². The van der Waals surface area contributed by atoms with Gasteiger partial charge in [0, 0.05) is 12.0 Å². The van der Waals surface area contributed by atoms with E-state index >= 15 is 0 Å². The van der Waals surface area contributed by atoms with E-state index in [2.05, 4.69) is 39.0 Å². The summed E-state index contributed by atoms with van der Waals surface area (Å²) in [5.41, 5.74) is 8.53. The molecule has 2 rings (SSSR count). The SMILES string of the molecule is Cc1cc(C)cc(C(C)(O)C2(CN)CCCC(C)C2)c1. The van der Waals surface area contributed by atoms with Gasteiger partial charge < -0.3 is 10.8 Å². The molecule has 3 N–H and O–H groups in total. The van der Waals surface area contributed by atoms with E-state index in [-0.39, 0.29) is 5.41 Å². The van der Waals surface area contributed by atoms with Gasteiger partial charge in [-0.2, -0.15) is 0 Å². The molecule has 2 heteroatoms. The molecule has 20 heavy (non-hydrogen) atoms. The fraction of sp³-hybridized carbons (Fsp3) is 0.667. The van der Waals surface area contributed by atoms with Crippen molar-refractivity contribution in [3.05, 3.63) is 34.9 Å². The first kappa shape index (κ1) is 15.5. The Morgan fingerprint density at radius 3 is 2.40 bits per heavy atom. The van der Waals surface area contributed by atoms with Crippen LogP contribution in [-0.2, 0) is 5.60 Å². The van der Waals surface area contributed by atoms with E-state index in [9.17, 15) is 5.11 Å². The highest BCUT2D eigenvalue weighted by Crippen LogP contribution is 2.50. The van der Waals surface area contributed by atoms with Crippen molar-refractivity contribution in [1.82, 2.24) is 0 Å². The molecule has 1 aliphatic carbocycles. The number of nitrogens with two attached hydrogens (primary N) is 1. The van der Waals surface area contributed by atoms with Crippen molar-refractivity contribution in [2.24, 2.45) is 17.1 Å². The van der Waals surface area contributed by atoms with Crippen molar-refractivity contribution < 1.29 is 5.11 Å². The van der Waals surface area contributed by atoms with Crippen LogP contribution in [0.2, 0.25) is 0 Å². The number of rotatable bonds is 3. The van der Waals surface area contributed by atoms with Crippen molar-refractivity contribution in [2.45, 2.75) is 59.0 Å². The summed E-state index contributed by atoms with van der Waals surface area (Å²) in [6.07, 6.45) is 4.46. The third kappa shape index (κ3) is 2.64. The van der Waals surface area contributed by atoms with Crippen LogP contribution in [0.15, 0.2) is 18.2 Å². The molecule has 0 bridgehead atoms. The lowest BCUT2D eigenvalue weighted by Crippen LogP contribution is -2.51. The predicted molar refractivity (Wildman–Crippen MR) is 84.6 cm³/mol. The quantitative estimate of drug-likeness (QED) is 0.884. The zero-order valence-electron chi connectivity index (χ0n) is 13.4. The molecular weight excluding hydrogens is 246 g/mol. The minimum absolute atomic E-state index is 0.190. The summed E-state index contributed by atoms with van der Waals surface area (Å²) >= 11 is 0. The molecule has 0 amide bonds. The van der Waals surface area contributed by atoms with Crippen molar-refractivity contribution in [3.63, 3.8) is 0 Å². The topological polar surface area (TPSA) is 46.2 Å². The third-order valence-electron chi connectivity index (χ3n) is 5.30. The van der Waals surface area contributed by atoms with E-state index in [1.165, 1.54) is 24.0 Å². The molecule has 0 spiro atoms. The Morgan fingerprint density at radius 1 is 1.30 bits per heavy atom. The van der Waals surface area contributed by atoms with Crippen LogP contribution in [0.1, 0.15) is 56.2 Å². The van der Waals surface area contributed by atoms with Crippen molar-refractivity contribution >= 4 is 0 Å². The molecule has 0 radical (unpaired) electrons. The average molecular weight is 275 g/mol. The molecule has 0 aromatic heterocycles. The molecule has 112 valence electrons. The van der Waals surface area contributed by atoms with Gasteiger partial charge in [-0.3, -0.25) is 0 Å². The molecule has 0 heterocycles. The molecule has 3 unspecified atom stereocenters. The molecular formula is C18H29NO. The summed E-state index contributed by atoms with van der Waals surface area (Å²) < 4.78 is 0. The maximum atomic E-state index is 11.3. The lowest BCUT2D eigenvalue weighted by Gasteiger charge is -2.49. The van der Waals surface area contributed by atoms with E-state index < -0.39 is 5.60 Å². The Bertz CT molecular complexity index is 460. The van der Waals surface area contributed by atoms with Gasteiger partial charge in [0.25, 0.3) is 0 Å². The van der Waals surface area contributed by atoms with Crippen LogP contribution >= 0.6 is 0 Å². The Hall–Kier alpha value is -0.860. The van der Waals surface area contributed by atoms with Crippen LogP contribution in [-0.4, -0.2) is 11.7 Å². The first-order chi connectivity index (χ1) is 9.30. The van der Waals surface area contributed by atoms with Gasteiger partial charge in [0.05, 0.1) is 5.60 Å². The van der Waals surface area contributed by atoms with Crippen LogP contribution in [0.4, 0.5) is 0 Å². The summed E-state index contributed by atoms with van der Waals surface area (Å²) in [7, 11) is 0. The van der Waals surface area contributed by atoms with Gasteiger partial charge in [-0.25, -0.2) is 0 Å². The molecule has 1 aromatic carbocycles. The second-order valence-corrected chi connectivity index (χ2v) is 7.13. The molecule has 1 aliphatic rings. The minimum atomic E-state index is -0.854. The van der Waals surface area contributed by atoms with Crippen LogP contribution in [0.5, 0.6) is 0 Å². The van der Waals surface area contributed by atoms with Gasteiger partial charge in [-0.05, 0) is 45.1 Å². The van der Waals surface area contributed by atoms with E-state index in [1.54, 1.807) is 0 Å². The van der Waals surface area contributed by atoms with Gasteiger partial charge in [-0.1, -0.05) is 49.1 Å². The van der Waals surface area contributed by atoms with Gasteiger partial charge in [-0.15, -0.1) is 0 Å². The Labute approximate surface area is 123 Å². The Kier molecular flexibility index (Phi) is 4.27. The normalized spacial score (nSPS) is 30.0. The molecule has 1 saturated carbocycles. The van der Waals surface area contributed by atoms with E-state index in [0.717, 1.165) is 18.4 Å². The molecule has 1 fully saturated rings. The standard InChI is InChI=1S/C18H29NO/c1-13-6-5-7-18(11-13,12-19)17(4,20)16-9-14(2)8-15(3)10-16/h8-10,13,20H,5-7,11-12,19H2,1-4H3. The summed E-state index contributed by atoms with van der Waals surface area (Å²) in [5, 5.41) is 11.3. The van der Waals surface area contributed by atoms with Gasteiger partial charge in [0.1, 0.15) is 0 Å². The number of aryl methyl sites for hydroxylation is 2. The third-order valence-corrected chi connectivity index (χ3v) is 5.30. The fourth-order valence-corrected chi connectivity index (χ4v) is 4.05. The maximum absolute atomic E-state index is 11.3. The Balaban J connectivity index is 2.45. The minimum Gasteiger partial charge on any atom is -0.385 e. The second-order valence-electron chi connectivity index (χ2n) is 7.13. The van der Waals surface area contributed by atoms with E-state index in [0.29, 0.717) is 12.5 Å². The van der Waals surface area contributed by atoms with E-state index in [4.69, 9.17) is 5.73 Å². The zero-order chi connectivity index (χ0) is 15.0.